The third kappa shape index (κ3) is 3.02. The van der Waals surface area contributed by atoms with E-state index < -0.39 is 23.8 Å². The second-order valence-corrected chi connectivity index (χ2v) is 8.52. The molecule has 2 heterocycles. The van der Waals surface area contributed by atoms with Crippen molar-refractivity contribution in [2.45, 2.75) is 37.4 Å². The van der Waals surface area contributed by atoms with Crippen LogP contribution in [0.3, 0.4) is 0 Å². The molecule has 1 saturated heterocycles. The van der Waals surface area contributed by atoms with Gasteiger partial charge in [-0.2, -0.15) is 0 Å². The van der Waals surface area contributed by atoms with Crippen molar-refractivity contribution in [1.82, 2.24) is 15.5 Å². The number of nitrogens with one attached hydrogen (secondary N) is 2. The molecule has 8 heteroatoms. The number of nitrogens with zero attached hydrogens (tertiary/aromatic N) is 2. The summed E-state index contributed by atoms with van der Waals surface area (Å²) in [6.45, 7) is 0. The minimum atomic E-state index is -0.959. The molecule has 0 radical (unpaired) electrons. The second kappa shape index (κ2) is 7.56. The molecule has 3 aliphatic rings. The lowest BCUT2D eigenvalue weighted by Gasteiger charge is -2.32. The first kappa shape index (κ1) is 20.4. The maximum Gasteiger partial charge on any atom is 0.262 e. The van der Waals surface area contributed by atoms with Crippen molar-refractivity contribution in [2.75, 3.05) is 19.0 Å². The summed E-state index contributed by atoms with van der Waals surface area (Å²) in [5.74, 6) is -1.97. The third-order valence-corrected chi connectivity index (χ3v) is 6.84. The van der Waals surface area contributed by atoms with Crippen LogP contribution in [0.2, 0.25) is 0 Å². The van der Waals surface area contributed by atoms with E-state index in [1.54, 1.807) is 12.1 Å². The van der Waals surface area contributed by atoms with E-state index in [1.165, 1.54) is 11.1 Å². The number of piperidine rings is 1. The van der Waals surface area contributed by atoms with Gasteiger partial charge in [-0.3, -0.25) is 29.4 Å². The molecule has 0 saturated carbocycles. The molecule has 164 valence electrons. The largest absolute Gasteiger partial charge is 0.369 e. The topological polar surface area (TPSA) is 98.8 Å². The number of rotatable bonds is 4. The predicted octanol–water partition coefficient (Wildman–Crippen LogP) is 1.41. The Labute approximate surface area is 185 Å². The molecule has 0 aromatic heterocycles. The van der Waals surface area contributed by atoms with Gasteiger partial charge in [0.2, 0.25) is 11.8 Å². The Morgan fingerprint density at radius 2 is 1.78 bits per heavy atom. The first-order valence-corrected chi connectivity index (χ1v) is 10.7. The molecular weight excluding hydrogens is 408 g/mol. The van der Waals surface area contributed by atoms with E-state index >= 15 is 0 Å². The standard InChI is InChI=1S/C24H24N4O4/c1-25-21-15-6-4-3-5-13(15)11-19(21)27(2)14-7-8-16-17(12-14)24(32)28(23(16)31)18-9-10-20(29)26-22(18)30/h3-8,12,18-19,21,25H,9-11H2,1-2H3,(H,26,29,30)/t18?,19-,21-/m0/s1. The average Bonchev–Trinajstić information content (AvgIpc) is 3.28. The van der Waals surface area contributed by atoms with Gasteiger partial charge in [-0.1, -0.05) is 24.3 Å². The summed E-state index contributed by atoms with van der Waals surface area (Å²) < 4.78 is 0. The monoisotopic (exact) mass is 432 g/mol. The van der Waals surface area contributed by atoms with Crippen molar-refractivity contribution in [2.24, 2.45) is 0 Å². The maximum absolute atomic E-state index is 13.1. The number of hydrogen-bond donors (Lipinski definition) is 2. The first-order valence-electron chi connectivity index (χ1n) is 10.7. The van der Waals surface area contributed by atoms with E-state index in [2.05, 4.69) is 27.7 Å². The van der Waals surface area contributed by atoms with Gasteiger partial charge >= 0.3 is 0 Å². The second-order valence-electron chi connectivity index (χ2n) is 8.52. The maximum atomic E-state index is 13.1. The summed E-state index contributed by atoms with van der Waals surface area (Å²) in [6.07, 6.45) is 1.11. The molecule has 2 aromatic carbocycles. The van der Waals surface area contributed by atoms with Crippen LogP contribution in [0.5, 0.6) is 0 Å². The molecule has 2 N–H and O–H groups in total. The van der Waals surface area contributed by atoms with Crippen LogP contribution in [0.15, 0.2) is 42.5 Å². The van der Waals surface area contributed by atoms with Crippen molar-refractivity contribution in [3.8, 4) is 0 Å². The summed E-state index contributed by atoms with van der Waals surface area (Å²) in [6, 6.07) is 12.9. The Bertz CT molecular complexity index is 1160. The highest BCUT2D eigenvalue weighted by Crippen LogP contribution is 2.37. The van der Waals surface area contributed by atoms with Crippen LogP contribution in [0.4, 0.5) is 5.69 Å². The Hall–Kier alpha value is -3.52. The summed E-state index contributed by atoms with van der Waals surface area (Å²) in [5.41, 5.74) is 3.97. The van der Waals surface area contributed by atoms with Crippen LogP contribution < -0.4 is 15.5 Å². The first-order chi connectivity index (χ1) is 15.4. The number of imide groups is 2. The van der Waals surface area contributed by atoms with E-state index in [0.717, 1.165) is 17.0 Å². The van der Waals surface area contributed by atoms with Gasteiger partial charge in [-0.05, 0) is 49.2 Å². The number of carbonyl (C=O) groups excluding carboxylic acids is 4. The summed E-state index contributed by atoms with van der Waals surface area (Å²) in [4.78, 5) is 52.9. The van der Waals surface area contributed by atoms with Gasteiger partial charge in [0.15, 0.2) is 0 Å². The molecule has 2 aliphatic heterocycles. The lowest BCUT2D eigenvalue weighted by atomic mass is 10.0. The molecule has 4 amide bonds. The molecule has 8 nitrogen and oxygen atoms in total. The number of likely N-dealkylation sites (N-methyl/N-ethyl adjacent to an activating group) is 2. The highest BCUT2D eigenvalue weighted by Gasteiger charge is 2.45. The molecule has 1 unspecified atom stereocenters. The normalized spacial score (nSPS) is 24.4. The van der Waals surface area contributed by atoms with Gasteiger partial charge < -0.3 is 10.2 Å². The quantitative estimate of drug-likeness (QED) is 0.709. The smallest absolute Gasteiger partial charge is 0.262 e. The molecule has 0 bridgehead atoms. The van der Waals surface area contributed by atoms with E-state index in [4.69, 9.17) is 0 Å². The summed E-state index contributed by atoms with van der Waals surface area (Å²) in [5, 5.41) is 5.63. The van der Waals surface area contributed by atoms with Crippen LogP contribution >= 0.6 is 0 Å². The van der Waals surface area contributed by atoms with E-state index in [-0.39, 0.29) is 36.4 Å². The fourth-order valence-electron chi connectivity index (χ4n) is 5.15. The van der Waals surface area contributed by atoms with E-state index in [1.807, 2.05) is 32.3 Å². The molecule has 32 heavy (non-hydrogen) atoms. The lowest BCUT2D eigenvalue weighted by Crippen LogP contribution is -2.54. The zero-order chi connectivity index (χ0) is 22.6. The molecule has 3 atom stereocenters. The van der Waals surface area contributed by atoms with Gasteiger partial charge in [0.05, 0.1) is 23.2 Å². The minimum Gasteiger partial charge on any atom is -0.369 e. The zero-order valence-electron chi connectivity index (χ0n) is 17.9. The third-order valence-electron chi connectivity index (χ3n) is 6.84. The summed E-state index contributed by atoms with van der Waals surface area (Å²) >= 11 is 0. The van der Waals surface area contributed by atoms with Crippen LogP contribution in [0.25, 0.3) is 0 Å². The molecule has 1 fully saturated rings. The minimum absolute atomic E-state index is 0.103. The van der Waals surface area contributed by atoms with E-state index in [0.29, 0.717) is 5.56 Å². The average molecular weight is 432 g/mol. The van der Waals surface area contributed by atoms with Gasteiger partial charge in [0.1, 0.15) is 6.04 Å². The van der Waals surface area contributed by atoms with Gasteiger partial charge in [-0.15, -0.1) is 0 Å². The number of carbonyl (C=O) groups is 4. The number of amides is 4. The van der Waals surface area contributed by atoms with E-state index in [9.17, 15) is 19.2 Å². The molecule has 5 rings (SSSR count). The number of anilines is 1. The molecule has 1 aliphatic carbocycles. The highest BCUT2D eigenvalue weighted by atomic mass is 16.2. The van der Waals surface area contributed by atoms with Gasteiger partial charge in [0.25, 0.3) is 11.8 Å². The fraction of sp³-hybridized carbons (Fsp3) is 0.333. The predicted molar refractivity (Wildman–Crippen MR) is 117 cm³/mol. The number of hydrogen-bond acceptors (Lipinski definition) is 6. The highest BCUT2D eigenvalue weighted by molar-refractivity contribution is 6.23. The van der Waals surface area contributed by atoms with Crippen molar-refractivity contribution < 1.29 is 19.2 Å². The molecular formula is C24H24N4O4. The number of fused-ring (bicyclic) bond motifs is 2. The Kier molecular flexibility index (Phi) is 4.82. The van der Waals surface area contributed by atoms with Crippen LogP contribution in [0, 0.1) is 0 Å². The Balaban J connectivity index is 1.43. The molecule has 0 spiro atoms. The van der Waals surface area contributed by atoms with Crippen LogP contribution in [0.1, 0.15) is 50.7 Å². The zero-order valence-corrected chi connectivity index (χ0v) is 17.9. The Morgan fingerprint density at radius 1 is 1.03 bits per heavy atom. The number of benzene rings is 2. The Morgan fingerprint density at radius 3 is 2.53 bits per heavy atom. The van der Waals surface area contributed by atoms with Gasteiger partial charge in [-0.25, -0.2) is 0 Å². The van der Waals surface area contributed by atoms with Crippen LogP contribution in [-0.4, -0.2) is 54.7 Å². The fourth-order valence-corrected chi connectivity index (χ4v) is 5.15. The van der Waals surface area contributed by atoms with Crippen molar-refractivity contribution in [3.05, 3.63) is 64.7 Å². The van der Waals surface area contributed by atoms with Crippen molar-refractivity contribution >= 4 is 29.3 Å². The molecule has 2 aromatic rings. The lowest BCUT2D eigenvalue weighted by molar-refractivity contribution is -0.136. The summed E-state index contributed by atoms with van der Waals surface area (Å²) in [7, 11) is 3.93. The van der Waals surface area contributed by atoms with Crippen LogP contribution in [-0.2, 0) is 16.0 Å². The van der Waals surface area contributed by atoms with Gasteiger partial charge in [0, 0.05) is 19.2 Å². The van der Waals surface area contributed by atoms with Crippen molar-refractivity contribution in [3.63, 3.8) is 0 Å². The van der Waals surface area contributed by atoms with Crippen molar-refractivity contribution in [1.29, 1.82) is 0 Å². The SMILES string of the molecule is CN[C@H]1c2ccccc2C[C@@H]1N(C)c1ccc2c(c1)C(=O)N(C1CCC(=O)NC1=O)C2=O.